The second kappa shape index (κ2) is 5.48. The molecule has 1 atom stereocenters. The van der Waals surface area contributed by atoms with Gasteiger partial charge < -0.3 is 0 Å². The summed E-state index contributed by atoms with van der Waals surface area (Å²) < 4.78 is 25.2. The monoisotopic (exact) mass is 285 g/mol. The first-order chi connectivity index (χ1) is 9.46. The summed E-state index contributed by atoms with van der Waals surface area (Å²) >= 11 is 0. The zero-order valence-corrected chi connectivity index (χ0v) is 12.2. The fraction of sp³-hybridized carbons (Fsp3) is 0.188. The molecule has 0 bridgehead atoms. The van der Waals surface area contributed by atoms with Crippen molar-refractivity contribution in [3.8, 4) is 6.07 Å². The first-order valence-corrected chi connectivity index (χ1v) is 7.77. The lowest BCUT2D eigenvalue weighted by molar-refractivity contribution is 0.591. The van der Waals surface area contributed by atoms with Crippen molar-refractivity contribution < 1.29 is 8.42 Å². The first kappa shape index (κ1) is 14.3. The summed E-state index contributed by atoms with van der Waals surface area (Å²) in [5, 5.41) is 8.17. The summed E-state index contributed by atoms with van der Waals surface area (Å²) in [6, 6.07) is 15.5. The molecular formula is C16H15NO2S. The number of benzene rings is 2. The highest BCUT2D eigenvalue weighted by molar-refractivity contribution is 7.92. The van der Waals surface area contributed by atoms with E-state index in [0.29, 0.717) is 5.56 Å². The molecule has 0 saturated heterocycles. The fourth-order valence-electron chi connectivity index (χ4n) is 2.17. The number of sulfone groups is 1. The third-order valence-corrected chi connectivity index (χ3v) is 5.12. The molecule has 20 heavy (non-hydrogen) atoms. The molecule has 4 heteroatoms. The Hall–Kier alpha value is -2.12. The van der Waals surface area contributed by atoms with Gasteiger partial charge in [-0.15, -0.1) is 0 Å². The van der Waals surface area contributed by atoms with E-state index in [0.717, 1.165) is 11.1 Å². The fourth-order valence-corrected chi connectivity index (χ4v) is 3.72. The minimum absolute atomic E-state index is 0.173. The Labute approximate surface area is 119 Å². The Morgan fingerprint density at radius 2 is 1.70 bits per heavy atom. The Balaban J connectivity index is 2.56. The minimum atomic E-state index is -3.70. The van der Waals surface area contributed by atoms with Crippen molar-refractivity contribution in [3.05, 3.63) is 65.2 Å². The van der Waals surface area contributed by atoms with Crippen LogP contribution in [0.1, 0.15) is 21.9 Å². The van der Waals surface area contributed by atoms with Crippen LogP contribution in [-0.2, 0) is 9.84 Å². The summed E-state index contributed by atoms with van der Waals surface area (Å²) in [4.78, 5) is 0.173. The largest absolute Gasteiger partial charge is 0.222 e. The number of nitriles is 1. The van der Waals surface area contributed by atoms with Crippen LogP contribution in [0.3, 0.4) is 0 Å². The Morgan fingerprint density at radius 1 is 1.05 bits per heavy atom. The molecule has 0 radical (unpaired) electrons. The first-order valence-electron chi connectivity index (χ1n) is 6.22. The molecule has 0 fully saturated rings. The Morgan fingerprint density at radius 3 is 2.25 bits per heavy atom. The highest BCUT2D eigenvalue weighted by atomic mass is 32.2. The van der Waals surface area contributed by atoms with Crippen molar-refractivity contribution >= 4 is 9.84 Å². The van der Waals surface area contributed by atoms with Crippen LogP contribution in [0.15, 0.2) is 53.4 Å². The van der Waals surface area contributed by atoms with Crippen LogP contribution in [0.2, 0.25) is 0 Å². The summed E-state index contributed by atoms with van der Waals surface area (Å²) in [6.07, 6.45) is 0. The molecule has 3 nitrogen and oxygen atoms in total. The van der Waals surface area contributed by atoms with Crippen LogP contribution in [0, 0.1) is 25.2 Å². The Kier molecular flexibility index (Phi) is 3.91. The average molecular weight is 285 g/mol. The molecule has 0 heterocycles. The molecule has 0 aromatic heterocycles. The van der Waals surface area contributed by atoms with E-state index in [1.165, 1.54) is 12.1 Å². The second-order valence-electron chi connectivity index (χ2n) is 4.73. The van der Waals surface area contributed by atoms with E-state index < -0.39 is 15.1 Å². The molecule has 2 rings (SSSR count). The summed E-state index contributed by atoms with van der Waals surface area (Å²) in [5.41, 5.74) is 2.40. The van der Waals surface area contributed by atoms with Gasteiger partial charge in [0.15, 0.2) is 15.1 Å². The van der Waals surface area contributed by atoms with E-state index in [4.69, 9.17) is 0 Å². The molecule has 2 aromatic rings. The van der Waals surface area contributed by atoms with E-state index in [1.807, 2.05) is 32.0 Å². The molecule has 0 aliphatic heterocycles. The standard InChI is InChI=1S/C16H15NO2S/c1-12-8-9-15(13(2)10-12)16(11-17)20(18,19)14-6-4-3-5-7-14/h3-10,16H,1-2H3. The maximum absolute atomic E-state index is 12.6. The SMILES string of the molecule is Cc1ccc(C(C#N)S(=O)(=O)c2ccccc2)c(C)c1. The van der Waals surface area contributed by atoms with Gasteiger partial charge in [-0.1, -0.05) is 42.0 Å². The zero-order valence-electron chi connectivity index (χ0n) is 11.4. The highest BCUT2D eigenvalue weighted by Gasteiger charge is 2.30. The minimum Gasteiger partial charge on any atom is -0.222 e. The maximum atomic E-state index is 12.6. The average Bonchev–Trinajstić information content (AvgIpc) is 2.43. The van der Waals surface area contributed by atoms with Gasteiger partial charge in [-0.05, 0) is 37.1 Å². The van der Waals surface area contributed by atoms with E-state index in [-0.39, 0.29) is 4.90 Å². The molecule has 0 amide bonds. The molecule has 0 N–H and O–H groups in total. The third-order valence-electron chi connectivity index (χ3n) is 3.21. The van der Waals surface area contributed by atoms with E-state index >= 15 is 0 Å². The topological polar surface area (TPSA) is 57.9 Å². The highest BCUT2D eigenvalue weighted by Crippen LogP contribution is 2.30. The quantitative estimate of drug-likeness (QED) is 0.869. The van der Waals surface area contributed by atoms with E-state index in [9.17, 15) is 13.7 Å². The van der Waals surface area contributed by atoms with Gasteiger partial charge in [-0.2, -0.15) is 5.26 Å². The molecule has 0 spiro atoms. The molecule has 0 aliphatic rings. The lowest BCUT2D eigenvalue weighted by Gasteiger charge is -2.14. The van der Waals surface area contributed by atoms with Gasteiger partial charge in [0, 0.05) is 0 Å². The van der Waals surface area contributed by atoms with Crippen LogP contribution < -0.4 is 0 Å². The number of hydrogen-bond donors (Lipinski definition) is 0. The second-order valence-corrected chi connectivity index (χ2v) is 6.76. The summed E-state index contributed by atoms with van der Waals surface area (Å²) in [6.45, 7) is 3.76. The van der Waals surface area contributed by atoms with Gasteiger partial charge in [-0.25, -0.2) is 8.42 Å². The van der Waals surface area contributed by atoms with Gasteiger partial charge in [0.2, 0.25) is 0 Å². The normalized spacial score (nSPS) is 12.7. The molecular weight excluding hydrogens is 270 g/mol. The zero-order chi connectivity index (χ0) is 14.8. The van der Waals surface area contributed by atoms with E-state index in [2.05, 4.69) is 0 Å². The van der Waals surface area contributed by atoms with Crippen LogP contribution in [0.5, 0.6) is 0 Å². The Bertz CT molecular complexity index is 759. The predicted octanol–water partition coefficient (Wildman–Crippen LogP) is 3.34. The predicted molar refractivity (Wildman–Crippen MR) is 77.9 cm³/mol. The summed E-state index contributed by atoms with van der Waals surface area (Å²) in [5.74, 6) is 0. The lowest BCUT2D eigenvalue weighted by Crippen LogP contribution is -2.13. The smallest absolute Gasteiger partial charge is 0.198 e. The van der Waals surface area contributed by atoms with Gasteiger partial charge in [0.1, 0.15) is 0 Å². The van der Waals surface area contributed by atoms with Crippen LogP contribution >= 0.6 is 0 Å². The van der Waals surface area contributed by atoms with Crippen molar-refractivity contribution in [3.63, 3.8) is 0 Å². The van der Waals surface area contributed by atoms with Crippen LogP contribution in [-0.4, -0.2) is 8.42 Å². The van der Waals surface area contributed by atoms with Gasteiger partial charge in [0.25, 0.3) is 0 Å². The van der Waals surface area contributed by atoms with Crippen molar-refractivity contribution in [1.82, 2.24) is 0 Å². The molecule has 0 aliphatic carbocycles. The molecule has 1 unspecified atom stereocenters. The van der Waals surface area contributed by atoms with Crippen molar-refractivity contribution in [2.75, 3.05) is 0 Å². The lowest BCUT2D eigenvalue weighted by atomic mass is 10.0. The molecule has 102 valence electrons. The number of rotatable bonds is 3. The number of aryl methyl sites for hydroxylation is 2. The molecule has 2 aromatic carbocycles. The van der Waals surface area contributed by atoms with Gasteiger partial charge >= 0.3 is 0 Å². The molecule has 0 saturated carbocycles. The third kappa shape index (κ3) is 2.59. The van der Waals surface area contributed by atoms with Crippen LogP contribution in [0.4, 0.5) is 0 Å². The van der Waals surface area contributed by atoms with Crippen LogP contribution in [0.25, 0.3) is 0 Å². The summed E-state index contributed by atoms with van der Waals surface area (Å²) in [7, 11) is -3.70. The number of nitrogens with zero attached hydrogens (tertiary/aromatic N) is 1. The van der Waals surface area contributed by atoms with Crippen molar-refractivity contribution in [2.45, 2.75) is 24.0 Å². The van der Waals surface area contributed by atoms with E-state index in [1.54, 1.807) is 24.3 Å². The van der Waals surface area contributed by atoms with Gasteiger partial charge in [0.05, 0.1) is 11.0 Å². The maximum Gasteiger partial charge on any atom is 0.198 e. The van der Waals surface area contributed by atoms with Crippen molar-refractivity contribution in [2.24, 2.45) is 0 Å². The number of hydrogen-bond acceptors (Lipinski definition) is 3. The van der Waals surface area contributed by atoms with Gasteiger partial charge in [-0.3, -0.25) is 0 Å². The van der Waals surface area contributed by atoms with Crippen molar-refractivity contribution in [1.29, 1.82) is 5.26 Å².